The number of rotatable bonds is 6. The van der Waals surface area contributed by atoms with Crippen molar-refractivity contribution in [2.45, 2.75) is 19.8 Å². The van der Waals surface area contributed by atoms with Crippen LogP contribution in [0.25, 0.3) is 6.08 Å². The minimum absolute atomic E-state index is 0.125. The molecule has 0 bridgehead atoms. The number of nitrogens with zero attached hydrogens (tertiary/aromatic N) is 1. The topological polar surface area (TPSA) is 80.3 Å². The predicted molar refractivity (Wildman–Crippen MR) is 90.0 cm³/mol. The van der Waals surface area contributed by atoms with Gasteiger partial charge in [-0.3, -0.25) is 4.79 Å². The number of carbonyl (C=O) groups is 1. The summed E-state index contributed by atoms with van der Waals surface area (Å²) >= 11 is 0. The molecule has 2 rings (SSSR count). The number of hydrogen-bond donors (Lipinski definition) is 0. The Hall–Kier alpha value is -3.13. The van der Waals surface area contributed by atoms with E-state index in [-0.39, 0.29) is 11.3 Å². The van der Waals surface area contributed by atoms with E-state index in [4.69, 9.17) is 14.4 Å². The normalized spacial score (nSPS) is 10.5. The maximum atomic E-state index is 12.3. The maximum absolute atomic E-state index is 12.3. The van der Waals surface area contributed by atoms with Crippen LogP contribution in [0.1, 0.15) is 33.7 Å². The molecule has 0 unspecified atom stereocenters. The Morgan fingerprint density at radius 3 is 2.88 bits per heavy atom. The van der Waals surface area contributed by atoms with Crippen LogP contribution < -0.4 is 10.4 Å². The van der Waals surface area contributed by atoms with E-state index < -0.39 is 11.4 Å². The maximum Gasteiger partial charge on any atom is 0.351 e. The summed E-state index contributed by atoms with van der Waals surface area (Å²) < 4.78 is 10.1. The summed E-state index contributed by atoms with van der Waals surface area (Å²) in [6.07, 6.45) is 4.03. The van der Waals surface area contributed by atoms with Crippen LogP contribution in [0.2, 0.25) is 0 Å². The Morgan fingerprint density at radius 1 is 1.38 bits per heavy atom. The lowest BCUT2D eigenvalue weighted by Gasteiger charge is -2.04. The SMILES string of the molecule is COc1cc(C)oc(=O)c1C(=O)/C=C/c1cccc(CCC#N)c1. The molecule has 1 aromatic heterocycles. The summed E-state index contributed by atoms with van der Waals surface area (Å²) in [5.74, 6) is 0.0896. The molecule has 0 saturated heterocycles. The van der Waals surface area contributed by atoms with Crippen LogP contribution in [0.5, 0.6) is 5.75 Å². The van der Waals surface area contributed by atoms with E-state index in [2.05, 4.69) is 6.07 Å². The zero-order valence-corrected chi connectivity index (χ0v) is 13.5. The average molecular weight is 323 g/mol. The molecule has 0 N–H and O–H groups in total. The van der Waals surface area contributed by atoms with E-state index in [1.165, 1.54) is 19.3 Å². The van der Waals surface area contributed by atoms with Crippen molar-refractivity contribution in [1.82, 2.24) is 0 Å². The summed E-state index contributed by atoms with van der Waals surface area (Å²) in [6.45, 7) is 1.61. The quantitative estimate of drug-likeness (QED) is 0.602. The molecular weight excluding hydrogens is 306 g/mol. The third kappa shape index (κ3) is 4.20. The molecule has 122 valence electrons. The van der Waals surface area contributed by atoms with Gasteiger partial charge in [0.05, 0.1) is 13.2 Å². The summed E-state index contributed by atoms with van der Waals surface area (Å²) in [7, 11) is 1.40. The van der Waals surface area contributed by atoms with Gasteiger partial charge in [0.2, 0.25) is 0 Å². The van der Waals surface area contributed by atoms with E-state index in [9.17, 15) is 9.59 Å². The van der Waals surface area contributed by atoms with Crippen molar-refractivity contribution in [2.75, 3.05) is 7.11 Å². The van der Waals surface area contributed by atoms with E-state index in [1.807, 2.05) is 24.3 Å². The minimum atomic E-state index is -0.718. The van der Waals surface area contributed by atoms with Gasteiger partial charge in [0, 0.05) is 12.5 Å². The highest BCUT2D eigenvalue weighted by atomic mass is 16.5. The lowest BCUT2D eigenvalue weighted by Crippen LogP contribution is -2.14. The Bertz CT molecular complexity index is 872. The van der Waals surface area contributed by atoms with Gasteiger partial charge in [-0.15, -0.1) is 0 Å². The first-order valence-corrected chi connectivity index (χ1v) is 7.42. The second-order valence-corrected chi connectivity index (χ2v) is 5.19. The summed E-state index contributed by atoms with van der Waals surface area (Å²) in [6, 6.07) is 11.1. The number of methoxy groups -OCH3 is 1. The summed E-state index contributed by atoms with van der Waals surface area (Å²) in [4.78, 5) is 24.2. The Labute approximate surface area is 139 Å². The van der Waals surface area contributed by atoms with Crippen LogP contribution in [-0.2, 0) is 6.42 Å². The van der Waals surface area contributed by atoms with Crippen LogP contribution in [0.3, 0.4) is 0 Å². The summed E-state index contributed by atoms with van der Waals surface area (Å²) in [5, 5.41) is 8.63. The van der Waals surface area contributed by atoms with Gasteiger partial charge in [0.15, 0.2) is 5.78 Å². The van der Waals surface area contributed by atoms with Gasteiger partial charge in [-0.1, -0.05) is 30.3 Å². The van der Waals surface area contributed by atoms with Crippen molar-refractivity contribution < 1.29 is 13.9 Å². The zero-order valence-electron chi connectivity index (χ0n) is 13.5. The number of benzene rings is 1. The molecule has 0 aliphatic carbocycles. The van der Waals surface area contributed by atoms with Crippen LogP contribution in [0.4, 0.5) is 0 Å². The zero-order chi connectivity index (χ0) is 17.5. The molecule has 2 aromatic rings. The number of carbonyl (C=O) groups excluding carboxylic acids is 1. The molecule has 0 amide bonds. The molecule has 0 aliphatic heterocycles. The standard InChI is InChI=1S/C19H17NO4/c1-13-11-17(23-2)18(19(22)24-13)16(21)9-8-15-6-3-5-14(12-15)7-4-10-20/h3,5-6,8-9,11-12H,4,7H2,1-2H3/b9-8+. The van der Waals surface area contributed by atoms with Gasteiger partial charge in [0.1, 0.15) is 17.1 Å². The second-order valence-electron chi connectivity index (χ2n) is 5.19. The minimum Gasteiger partial charge on any atom is -0.496 e. The molecule has 0 aliphatic rings. The lowest BCUT2D eigenvalue weighted by molar-refractivity contribution is 0.104. The number of aryl methyl sites for hydroxylation is 2. The largest absolute Gasteiger partial charge is 0.496 e. The third-order valence-corrected chi connectivity index (χ3v) is 3.41. The van der Waals surface area contributed by atoms with Gasteiger partial charge >= 0.3 is 5.63 Å². The van der Waals surface area contributed by atoms with Crippen molar-refractivity contribution in [3.05, 3.63) is 69.3 Å². The molecule has 24 heavy (non-hydrogen) atoms. The number of hydrogen-bond acceptors (Lipinski definition) is 5. The number of ether oxygens (including phenoxy) is 1. The second kappa shape index (κ2) is 7.93. The number of nitriles is 1. The molecule has 5 nitrogen and oxygen atoms in total. The monoisotopic (exact) mass is 323 g/mol. The van der Waals surface area contributed by atoms with Crippen molar-refractivity contribution in [1.29, 1.82) is 5.26 Å². The first kappa shape index (κ1) is 17.2. The van der Waals surface area contributed by atoms with Crippen molar-refractivity contribution in [2.24, 2.45) is 0 Å². The molecule has 0 spiro atoms. The van der Waals surface area contributed by atoms with Crippen molar-refractivity contribution >= 4 is 11.9 Å². The molecule has 0 atom stereocenters. The Morgan fingerprint density at radius 2 is 2.17 bits per heavy atom. The Kier molecular flexibility index (Phi) is 5.69. The van der Waals surface area contributed by atoms with Crippen molar-refractivity contribution in [3.63, 3.8) is 0 Å². The van der Waals surface area contributed by atoms with Crippen LogP contribution in [0, 0.1) is 18.3 Å². The molecule has 0 radical (unpaired) electrons. The van der Waals surface area contributed by atoms with Crippen LogP contribution in [0.15, 0.2) is 45.6 Å². The fourth-order valence-electron chi connectivity index (χ4n) is 2.27. The summed E-state index contributed by atoms with van der Waals surface area (Å²) in [5.41, 5.74) is 0.983. The first-order valence-electron chi connectivity index (χ1n) is 7.42. The lowest BCUT2D eigenvalue weighted by atomic mass is 10.1. The fraction of sp³-hybridized carbons (Fsp3) is 0.211. The van der Waals surface area contributed by atoms with Crippen LogP contribution in [-0.4, -0.2) is 12.9 Å². The van der Waals surface area contributed by atoms with Gasteiger partial charge in [-0.05, 0) is 30.5 Å². The van der Waals surface area contributed by atoms with Gasteiger partial charge in [-0.2, -0.15) is 5.26 Å². The molecule has 0 saturated carbocycles. The van der Waals surface area contributed by atoms with E-state index in [0.717, 1.165) is 11.1 Å². The number of allylic oxidation sites excluding steroid dienone is 1. The van der Waals surface area contributed by atoms with E-state index in [0.29, 0.717) is 18.6 Å². The third-order valence-electron chi connectivity index (χ3n) is 3.41. The Balaban J connectivity index is 2.26. The van der Waals surface area contributed by atoms with Gasteiger partial charge in [-0.25, -0.2) is 4.79 Å². The predicted octanol–water partition coefficient (Wildman–Crippen LogP) is 3.31. The fourth-order valence-corrected chi connectivity index (χ4v) is 2.27. The highest BCUT2D eigenvalue weighted by Crippen LogP contribution is 2.18. The van der Waals surface area contributed by atoms with Crippen molar-refractivity contribution in [3.8, 4) is 11.8 Å². The highest BCUT2D eigenvalue weighted by molar-refractivity contribution is 6.08. The van der Waals surface area contributed by atoms with Crippen LogP contribution >= 0.6 is 0 Å². The number of ketones is 1. The first-order chi connectivity index (χ1) is 11.5. The van der Waals surface area contributed by atoms with E-state index in [1.54, 1.807) is 13.0 Å². The van der Waals surface area contributed by atoms with Gasteiger partial charge in [0.25, 0.3) is 0 Å². The molecule has 5 heteroatoms. The molecular formula is C19H17NO4. The molecule has 1 heterocycles. The smallest absolute Gasteiger partial charge is 0.351 e. The highest BCUT2D eigenvalue weighted by Gasteiger charge is 2.17. The molecule has 1 aromatic carbocycles. The molecule has 0 fully saturated rings. The average Bonchev–Trinajstić information content (AvgIpc) is 2.57. The van der Waals surface area contributed by atoms with E-state index >= 15 is 0 Å². The van der Waals surface area contributed by atoms with Gasteiger partial charge < -0.3 is 9.15 Å².